The van der Waals surface area contributed by atoms with E-state index in [1.807, 2.05) is 24.0 Å². The van der Waals surface area contributed by atoms with Crippen molar-refractivity contribution in [3.63, 3.8) is 0 Å². The molecule has 0 amide bonds. The van der Waals surface area contributed by atoms with Crippen LogP contribution in [0.4, 0.5) is 0 Å². The van der Waals surface area contributed by atoms with Crippen LogP contribution in [0, 0.1) is 0 Å². The number of nitrogens with zero attached hydrogens (tertiary/aromatic N) is 3. The predicted molar refractivity (Wildman–Crippen MR) is 58.9 cm³/mol. The first-order chi connectivity index (χ1) is 6.86. The average Bonchev–Trinajstić information content (AvgIpc) is 2.63. The number of hydrogen-bond acceptors (Lipinski definition) is 4. The van der Waals surface area contributed by atoms with E-state index in [1.165, 1.54) is 0 Å². The topological polar surface area (TPSA) is 42.2 Å². The molecule has 0 aromatic carbocycles. The van der Waals surface area contributed by atoms with Crippen molar-refractivity contribution in [3.8, 4) is 0 Å². The Labute approximate surface area is 87.8 Å². The van der Waals surface area contributed by atoms with Crippen molar-refractivity contribution in [2.75, 3.05) is 18.8 Å². The maximum Gasteiger partial charge on any atom is 0.168 e. The molecule has 0 bridgehead atoms. The molecule has 0 radical (unpaired) electrons. The van der Waals surface area contributed by atoms with E-state index in [2.05, 4.69) is 15.3 Å². The molecule has 2 heterocycles. The zero-order valence-corrected chi connectivity index (χ0v) is 9.05. The van der Waals surface area contributed by atoms with E-state index in [-0.39, 0.29) is 0 Å². The monoisotopic (exact) mass is 210 g/mol. The summed E-state index contributed by atoms with van der Waals surface area (Å²) in [7, 11) is 2.01. The third-order valence-corrected chi connectivity index (χ3v) is 3.15. The van der Waals surface area contributed by atoms with Crippen molar-refractivity contribution >= 4 is 17.6 Å². The van der Waals surface area contributed by atoms with E-state index in [4.69, 9.17) is 0 Å². The van der Waals surface area contributed by atoms with Crippen molar-refractivity contribution in [1.82, 2.24) is 14.9 Å². The Balaban J connectivity index is 1.88. The fourth-order valence-corrected chi connectivity index (χ4v) is 2.16. The number of aryl methyl sites for hydroxylation is 1. The van der Waals surface area contributed by atoms with Crippen molar-refractivity contribution in [1.29, 1.82) is 0 Å². The summed E-state index contributed by atoms with van der Waals surface area (Å²) in [5, 5.41) is 4.33. The number of amidine groups is 1. The Bertz CT molecular complexity index is 331. The van der Waals surface area contributed by atoms with Crippen LogP contribution in [-0.4, -0.2) is 34.2 Å². The fourth-order valence-electron chi connectivity index (χ4n) is 1.30. The van der Waals surface area contributed by atoms with Gasteiger partial charge in [-0.25, -0.2) is 4.98 Å². The lowest BCUT2D eigenvalue weighted by molar-refractivity contribution is 0.739. The Kier molecular flexibility index (Phi) is 3.08. The van der Waals surface area contributed by atoms with E-state index < -0.39 is 0 Å². The summed E-state index contributed by atoms with van der Waals surface area (Å²) < 4.78 is 2.02. The van der Waals surface area contributed by atoms with Crippen LogP contribution >= 0.6 is 11.8 Å². The van der Waals surface area contributed by atoms with Gasteiger partial charge in [0, 0.05) is 32.5 Å². The molecule has 76 valence electrons. The second-order valence-corrected chi connectivity index (χ2v) is 4.16. The van der Waals surface area contributed by atoms with Gasteiger partial charge in [-0.15, -0.1) is 0 Å². The Hall–Kier alpha value is -0.970. The molecule has 4 nitrogen and oxygen atoms in total. The van der Waals surface area contributed by atoms with E-state index in [9.17, 15) is 0 Å². The average molecular weight is 210 g/mol. The molecule has 0 aliphatic carbocycles. The summed E-state index contributed by atoms with van der Waals surface area (Å²) in [6.45, 7) is 2.02. The van der Waals surface area contributed by atoms with Crippen LogP contribution in [0.3, 0.4) is 0 Å². The highest BCUT2D eigenvalue weighted by atomic mass is 32.2. The zero-order chi connectivity index (χ0) is 9.80. The van der Waals surface area contributed by atoms with Gasteiger partial charge in [0.15, 0.2) is 5.16 Å². The van der Waals surface area contributed by atoms with Crippen LogP contribution in [0.15, 0.2) is 22.5 Å². The van der Waals surface area contributed by atoms with Crippen LogP contribution in [0.5, 0.6) is 0 Å². The van der Waals surface area contributed by atoms with Gasteiger partial charge in [0.2, 0.25) is 0 Å². The molecule has 1 aromatic heterocycles. The van der Waals surface area contributed by atoms with Crippen LogP contribution < -0.4 is 5.32 Å². The molecule has 5 heteroatoms. The van der Waals surface area contributed by atoms with Gasteiger partial charge in [-0.2, -0.15) is 0 Å². The first-order valence-corrected chi connectivity index (χ1v) is 5.72. The fraction of sp³-hybridized carbons (Fsp3) is 0.556. The summed E-state index contributed by atoms with van der Waals surface area (Å²) >= 11 is 1.72. The molecule has 1 aliphatic heterocycles. The van der Waals surface area contributed by atoms with Gasteiger partial charge in [-0.1, -0.05) is 11.8 Å². The van der Waals surface area contributed by atoms with E-state index >= 15 is 0 Å². The van der Waals surface area contributed by atoms with Crippen LogP contribution in [0.25, 0.3) is 0 Å². The standard InChI is InChI=1S/C9H14N4S/c1-13-6-5-12-9(13)14-7-8-10-3-2-4-11-8/h5-6H,2-4,7H2,1H3,(H,10,11). The molecule has 0 atom stereocenters. The van der Waals surface area contributed by atoms with Gasteiger partial charge in [-0.05, 0) is 6.42 Å². The summed E-state index contributed by atoms with van der Waals surface area (Å²) in [5.41, 5.74) is 0. The first-order valence-electron chi connectivity index (χ1n) is 4.73. The molecule has 1 aliphatic rings. The lowest BCUT2D eigenvalue weighted by atomic mass is 10.4. The van der Waals surface area contributed by atoms with Crippen molar-refractivity contribution < 1.29 is 0 Å². The number of imidazole rings is 1. The summed E-state index contributed by atoms with van der Waals surface area (Å²) in [6.07, 6.45) is 4.92. The molecule has 0 fully saturated rings. The molecule has 0 saturated heterocycles. The summed E-state index contributed by atoms with van der Waals surface area (Å²) in [6, 6.07) is 0. The highest BCUT2D eigenvalue weighted by Gasteiger charge is 2.06. The van der Waals surface area contributed by atoms with Crippen molar-refractivity contribution in [2.45, 2.75) is 11.6 Å². The largest absolute Gasteiger partial charge is 0.373 e. The second kappa shape index (κ2) is 4.50. The molecule has 1 N–H and O–H groups in total. The highest BCUT2D eigenvalue weighted by Crippen LogP contribution is 2.14. The molecule has 1 aromatic rings. The Morgan fingerprint density at radius 3 is 3.21 bits per heavy atom. The van der Waals surface area contributed by atoms with Gasteiger partial charge < -0.3 is 9.88 Å². The predicted octanol–water partition coefficient (Wildman–Crippen LogP) is 0.904. The summed E-state index contributed by atoms with van der Waals surface area (Å²) in [5.74, 6) is 1.99. The lowest BCUT2D eigenvalue weighted by Crippen LogP contribution is -2.31. The van der Waals surface area contributed by atoms with E-state index in [1.54, 1.807) is 11.8 Å². The molecular formula is C9H14N4S. The van der Waals surface area contributed by atoms with Gasteiger partial charge in [0.1, 0.15) is 5.84 Å². The SMILES string of the molecule is Cn1ccnc1SCC1=NCCCN1. The Morgan fingerprint density at radius 2 is 2.57 bits per heavy atom. The maximum atomic E-state index is 4.41. The molecule has 0 saturated carbocycles. The van der Waals surface area contributed by atoms with E-state index in [0.717, 1.165) is 36.3 Å². The number of nitrogens with one attached hydrogen (secondary N) is 1. The van der Waals surface area contributed by atoms with Crippen LogP contribution in [0.2, 0.25) is 0 Å². The maximum absolute atomic E-state index is 4.41. The number of thioether (sulfide) groups is 1. The van der Waals surface area contributed by atoms with E-state index in [0.29, 0.717) is 0 Å². The third-order valence-electron chi connectivity index (χ3n) is 2.08. The zero-order valence-electron chi connectivity index (χ0n) is 8.23. The van der Waals surface area contributed by atoms with Gasteiger partial charge in [0.05, 0.1) is 5.75 Å². The van der Waals surface area contributed by atoms with Crippen molar-refractivity contribution in [2.24, 2.45) is 12.0 Å². The van der Waals surface area contributed by atoms with Gasteiger partial charge >= 0.3 is 0 Å². The minimum Gasteiger partial charge on any atom is -0.373 e. The van der Waals surface area contributed by atoms with Crippen molar-refractivity contribution in [3.05, 3.63) is 12.4 Å². The summed E-state index contributed by atoms with van der Waals surface area (Å²) in [4.78, 5) is 8.65. The number of aliphatic imine (C=N–C) groups is 1. The molecule has 0 unspecified atom stereocenters. The third kappa shape index (κ3) is 2.29. The highest BCUT2D eigenvalue weighted by molar-refractivity contribution is 7.99. The number of hydrogen-bond donors (Lipinski definition) is 1. The van der Waals surface area contributed by atoms with Crippen LogP contribution in [-0.2, 0) is 7.05 Å². The Morgan fingerprint density at radius 1 is 1.64 bits per heavy atom. The van der Waals surface area contributed by atoms with Gasteiger partial charge in [0.25, 0.3) is 0 Å². The molecule has 2 rings (SSSR count). The molecule has 14 heavy (non-hydrogen) atoms. The normalized spacial score (nSPS) is 16.2. The second-order valence-electron chi connectivity index (χ2n) is 3.22. The molecule has 0 spiro atoms. The smallest absolute Gasteiger partial charge is 0.168 e. The minimum absolute atomic E-state index is 0.894. The van der Waals surface area contributed by atoms with Gasteiger partial charge in [-0.3, -0.25) is 4.99 Å². The number of aromatic nitrogens is 2. The number of rotatable bonds is 3. The first kappa shape index (κ1) is 9.58. The quantitative estimate of drug-likeness (QED) is 0.754. The lowest BCUT2D eigenvalue weighted by Gasteiger charge is -2.13. The van der Waals surface area contributed by atoms with Crippen LogP contribution in [0.1, 0.15) is 6.42 Å². The minimum atomic E-state index is 0.894. The molecular weight excluding hydrogens is 196 g/mol.